The van der Waals surface area contributed by atoms with Crippen molar-refractivity contribution in [1.82, 2.24) is 14.6 Å². The minimum atomic E-state index is -4.47. The molecule has 5 nitrogen and oxygen atoms in total. The predicted molar refractivity (Wildman–Crippen MR) is 74.1 cm³/mol. The van der Waals surface area contributed by atoms with E-state index in [-0.39, 0.29) is 6.04 Å². The number of fused-ring (bicyclic) bond motifs is 1. The SMILES string of the molecule is CC(C)N(CCCN)c1nccn2nc(C(F)(F)F)cc12. The highest BCUT2D eigenvalue weighted by molar-refractivity contribution is 5.69. The Morgan fingerprint density at radius 2 is 2.10 bits per heavy atom. The average Bonchev–Trinajstić information content (AvgIpc) is 2.83. The first-order chi connectivity index (χ1) is 9.84. The van der Waals surface area contributed by atoms with E-state index in [9.17, 15) is 13.2 Å². The van der Waals surface area contributed by atoms with Crippen LogP contribution in [0.5, 0.6) is 0 Å². The smallest absolute Gasteiger partial charge is 0.352 e. The van der Waals surface area contributed by atoms with E-state index in [1.165, 1.54) is 16.9 Å². The molecule has 0 saturated carbocycles. The Bertz CT molecular complexity index is 605. The van der Waals surface area contributed by atoms with Gasteiger partial charge in [0.15, 0.2) is 11.5 Å². The van der Waals surface area contributed by atoms with Gasteiger partial charge < -0.3 is 10.6 Å². The number of hydrogen-bond donors (Lipinski definition) is 1. The van der Waals surface area contributed by atoms with E-state index in [4.69, 9.17) is 5.73 Å². The van der Waals surface area contributed by atoms with Crippen LogP contribution in [0.2, 0.25) is 0 Å². The van der Waals surface area contributed by atoms with Crippen LogP contribution in [-0.2, 0) is 6.18 Å². The van der Waals surface area contributed by atoms with Gasteiger partial charge in [-0.2, -0.15) is 18.3 Å². The Morgan fingerprint density at radius 1 is 1.38 bits per heavy atom. The molecule has 0 aromatic carbocycles. The van der Waals surface area contributed by atoms with Gasteiger partial charge in [0.25, 0.3) is 0 Å². The summed E-state index contributed by atoms with van der Waals surface area (Å²) in [5.74, 6) is 0.490. The minimum Gasteiger partial charge on any atom is -0.352 e. The molecular formula is C13H18F3N5. The molecule has 2 rings (SSSR count). The van der Waals surface area contributed by atoms with Crippen LogP contribution in [0, 0.1) is 0 Å². The van der Waals surface area contributed by atoms with E-state index in [1.807, 2.05) is 18.7 Å². The van der Waals surface area contributed by atoms with Gasteiger partial charge in [0.1, 0.15) is 5.52 Å². The third-order valence-corrected chi connectivity index (χ3v) is 3.16. The van der Waals surface area contributed by atoms with Crippen LogP contribution in [0.1, 0.15) is 26.0 Å². The number of alkyl halides is 3. The van der Waals surface area contributed by atoms with E-state index < -0.39 is 11.9 Å². The van der Waals surface area contributed by atoms with E-state index in [0.29, 0.717) is 24.4 Å². The Hall–Kier alpha value is -1.83. The fourth-order valence-electron chi connectivity index (χ4n) is 2.14. The van der Waals surface area contributed by atoms with Crippen LogP contribution in [-0.4, -0.2) is 33.7 Å². The molecule has 8 heteroatoms. The molecule has 2 heterocycles. The summed E-state index contributed by atoms with van der Waals surface area (Å²) in [4.78, 5) is 6.17. The minimum absolute atomic E-state index is 0.0967. The lowest BCUT2D eigenvalue weighted by atomic mass is 10.2. The Balaban J connectivity index is 2.49. The van der Waals surface area contributed by atoms with Crippen molar-refractivity contribution in [2.45, 2.75) is 32.5 Å². The maximum Gasteiger partial charge on any atom is 0.435 e. The number of nitrogens with two attached hydrogens (primary N) is 1. The predicted octanol–water partition coefficient (Wildman–Crippen LogP) is 2.31. The summed E-state index contributed by atoms with van der Waals surface area (Å²) in [6.07, 6.45) is -0.868. The van der Waals surface area contributed by atoms with Gasteiger partial charge in [-0.1, -0.05) is 0 Å². The quantitative estimate of drug-likeness (QED) is 0.920. The summed E-state index contributed by atoms with van der Waals surface area (Å²) in [5.41, 5.74) is 4.94. The number of halogens is 3. The first-order valence-corrected chi connectivity index (χ1v) is 6.73. The molecule has 0 aliphatic carbocycles. The van der Waals surface area contributed by atoms with Crippen molar-refractivity contribution < 1.29 is 13.2 Å². The Kier molecular flexibility index (Phi) is 4.36. The Morgan fingerprint density at radius 3 is 2.67 bits per heavy atom. The van der Waals surface area contributed by atoms with Gasteiger partial charge in [-0.3, -0.25) is 0 Å². The van der Waals surface area contributed by atoms with Crippen LogP contribution >= 0.6 is 0 Å². The van der Waals surface area contributed by atoms with E-state index in [2.05, 4.69) is 10.1 Å². The van der Waals surface area contributed by atoms with Crippen molar-refractivity contribution in [3.8, 4) is 0 Å². The van der Waals surface area contributed by atoms with Crippen LogP contribution in [0.15, 0.2) is 18.5 Å². The maximum absolute atomic E-state index is 12.8. The maximum atomic E-state index is 12.8. The van der Waals surface area contributed by atoms with Crippen LogP contribution < -0.4 is 10.6 Å². The molecule has 0 aliphatic heterocycles. The molecule has 0 fully saturated rings. The number of rotatable bonds is 5. The van der Waals surface area contributed by atoms with Crippen LogP contribution in [0.25, 0.3) is 5.52 Å². The molecule has 2 N–H and O–H groups in total. The largest absolute Gasteiger partial charge is 0.435 e. The second kappa shape index (κ2) is 5.88. The van der Waals surface area contributed by atoms with Gasteiger partial charge in [0.2, 0.25) is 0 Å². The van der Waals surface area contributed by atoms with E-state index >= 15 is 0 Å². The van der Waals surface area contributed by atoms with Crippen molar-refractivity contribution in [3.05, 3.63) is 24.2 Å². The molecular weight excluding hydrogens is 283 g/mol. The van der Waals surface area contributed by atoms with Crippen LogP contribution in [0.4, 0.5) is 19.0 Å². The second-order valence-electron chi connectivity index (χ2n) is 5.04. The van der Waals surface area contributed by atoms with Gasteiger partial charge in [0, 0.05) is 31.0 Å². The summed E-state index contributed by atoms with van der Waals surface area (Å²) in [7, 11) is 0. The molecule has 0 spiro atoms. The van der Waals surface area contributed by atoms with E-state index in [0.717, 1.165) is 12.5 Å². The fraction of sp³-hybridized carbons (Fsp3) is 0.538. The zero-order chi connectivity index (χ0) is 15.6. The zero-order valence-electron chi connectivity index (χ0n) is 11.9. The standard InChI is InChI=1S/C13H18F3N5/c1-9(2)20(6-3-4-17)12-10-8-11(13(14,15)16)19-21(10)7-5-18-12/h5,7-9H,3-4,6,17H2,1-2H3. The van der Waals surface area contributed by atoms with Crippen molar-refractivity contribution in [2.75, 3.05) is 18.0 Å². The summed E-state index contributed by atoms with van der Waals surface area (Å²) >= 11 is 0. The summed E-state index contributed by atoms with van der Waals surface area (Å²) < 4.78 is 39.6. The van der Waals surface area contributed by atoms with E-state index in [1.54, 1.807) is 0 Å². The lowest BCUT2D eigenvalue weighted by Crippen LogP contribution is -2.33. The molecule has 0 saturated heterocycles. The van der Waals surface area contributed by atoms with Gasteiger partial charge in [0.05, 0.1) is 0 Å². The average molecular weight is 301 g/mol. The molecule has 21 heavy (non-hydrogen) atoms. The molecule has 0 aliphatic rings. The van der Waals surface area contributed by atoms with Gasteiger partial charge in [-0.05, 0) is 26.8 Å². The topological polar surface area (TPSA) is 59.5 Å². The fourth-order valence-corrected chi connectivity index (χ4v) is 2.14. The number of anilines is 1. The van der Waals surface area contributed by atoms with Gasteiger partial charge in [-0.25, -0.2) is 9.50 Å². The third kappa shape index (κ3) is 3.26. The molecule has 0 unspecified atom stereocenters. The number of aromatic nitrogens is 3. The molecule has 116 valence electrons. The lowest BCUT2D eigenvalue weighted by molar-refractivity contribution is -0.141. The molecule has 0 bridgehead atoms. The molecule has 0 radical (unpaired) electrons. The number of nitrogens with zero attached hydrogens (tertiary/aromatic N) is 4. The number of hydrogen-bond acceptors (Lipinski definition) is 4. The van der Waals surface area contributed by atoms with Crippen molar-refractivity contribution in [1.29, 1.82) is 0 Å². The highest BCUT2D eigenvalue weighted by Gasteiger charge is 2.34. The summed E-state index contributed by atoms with van der Waals surface area (Å²) in [5, 5.41) is 3.57. The third-order valence-electron chi connectivity index (χ3n) is 3.16. The highest BCUT2D eigenvalue weighted by Crippen LogP contribution is 2.31. The first kappa shape index (κ1) is 15.6. The second-order valence-corrected chi connectivity index (χ2v) is 5.04. The zero-order valence-corrected chi connectivity index (χ0v) is 11.9. The summed E-state index contributed by atoms with van der Waals surface area (Å²) in [6.45, 7) is 5.07. The molecule has 0 atom stereocenters. The molecule has 2 aromatic heterocycles. The Labute approximate surface area is 120 Å². The van der Waals surface area contributed by atoms with Gasteiger partial charge in [-0.15, -0.1) is 0 Å². The first-order valence-electron chi connectivity index (χ1n) is 6.73. The summed E-state index contributed by atoms with van der Waals surface area (Å²) in [6, 6.07) is 1.12. The van der Waals surface area contributed by atoms with Crippen molar-refractivity contribution >= 4 is 11.3 Å². The monoisotopic (exact) mass is 301 g/mol. The van der Waals surface area contributed by atoms with Crippen molar-refractivity contribution in [3.63, 3.8) is 0 Å². The normalized spacial score (nSPS) is 12.3. The molecule has 2 aromatic rings. The molecule has 0 amide bonds. The van der Waals surface area contributed by atoms with Gasteiger partial charge >= 0.3 is 6.18 Å². The van der Waals surface area contributed by atoms with Crippen molar-refractivity contribution in [2.24, 2.45) is 5.73 Å². The lowest BCUT2D eigenvalue weighted by Gasteiger charge is -2.28. The van der Waals surface area contributed by atoms with Crippen LogP contribution in [0.3, 0.4) is 0 Å². The highest BCUT2D eigenvalue weighted by atomic mass is 19.4.